The molecule has 0 aliphatic carbocycles. The molecule has 2 aromatic rings. The molecule has 150 valence electrons. The predicted octanol–water partition coefficient (Wildman–Crippen LogP) is 2.72. The molecule has 1 aromatic heterocycles. The van der Waals surface area contributed by atoms with Crippen LogP contribution >= 0.6 is 11.3 Å². The maximum atomic E-state index is 12.5. The van der Waals surface area contributed by atoms with Crippen molar-refractivity contribution in [1.29, 1.82) is 0 Å². The van der Waals surface area contributed by atoms with E-state index < -0.39 is 0 Å². The lowest BCUT2D eigenvalue weighted by atomic mass is 10.1. The van der Waals surface area contributed by atoms with Gasteiger partial charge in [-0.1, -0.05) is 18.2 Å². The summed E-state index contributed by atoms with van der Waals surface area (Å²) in [5.41, 5.74) is 1.54. The third-order valence-corrected chi connectivity index (χ3v) is 5.65. The molecule has 3 N–H and O–H groups in total. The first kappa shape index (κ1) is 20.2. The van der Waals surface area contributed by atoms with Crippen LogP contribution in [0.2, 0.25) is 0 Å². The van der Waals surface area contributed by atoms with E-state index in [1.165, 1.54) is 11.3 Å². The van der Waals surface area contributed by atoms with Crippen LogP contribution in [0.4, 0.5) is 10.5 Å². The number of urea groups is 1. The molecule has 0 radical (unpaired) electrons. The van der Waals surface area contributed by atoms with Crippen LogP contribution in [-0.4, -0.2) is 54.8 Å². The van der Waals surface area contributed by atoms with Crippen molar-refractivity contribution >= 4 is 29.0 Å². The van der Waals surface area contributed by atoms with Crippen molar-refractivity contribution in [1.82, 2.24) is 10.2 Å². The highest BCUT2D eigenvalue weighted by Gasteiger charge is 2.23. The second-order valence-electron chi connectivity index (χ2n) is 6.63. The molecule has 8 heteroatoms. The van der Waals surface area contributed by atoms with E-state index in [0.717, 1.165) is 11.3 Å². The van der Waals surface area contributed by atoms with Crippen molar-refractivity contribution in [3.8, 4) is 5.75 Å². The number of piperidine rings is 1. The lowest BCUT2D eigenvalue weighted by Gasteiger charge is -2.29. The van der Waals surface area contributed by atoms with Crippen molar-refractivity contribution in [2.24, 2.45) is 0 Å². The van der Waals surface area contributed by atoms with Crippen LogP contribution in [0.25, 0.3) is 0 Å². The van der Waals surface area contributed by atoms with Gasteiger partial charge in [0.25, 0.3) is 5.91 Å². The summed E-state index contributed by atoms with van der Waals surface area (Å²) >= 11 is 1.29. The number of carbonyl (C=O) groups is 2. The Balaban J connectivity index is 1.54. The molecular weight excluding hydrogens is 378 g/mol. The number of hydrogen-bond donors (Lipinski definition) is 3. The van der Waals surface area contributed by atoms with Gasteiger partial charge in [0.2, 0.25) is 0 Å². The van der Waals surface area contributed by atoms with Crippen LogP contribution in [0.15, 0.2) is 35.7 Å². The van der Waals surface area contributed by atoms with Gasteiger partial charge in [-0.2, -0.15) is 0 Å². The molecule has 2 heterocycles. The summed E-state index contributed by atoms with van der Waals surface area (Å²) in [6.07, 6.45) is 1.47. The van der Waals surface area contributed by atoms with E-state index in [2.05, 4.69) is 10.6 Å². The number of amides is 3. The van der Waals surface area contributed by atoms with E-state index in [4.69, 9.17) is 4.74 Å². The van der Waals surface area contributed by atoms with Crippen LogP contribution in [0.5, 0.6) is 5.75 Å². The number of likely N-dealkylation sites (tertiary alicyclic amines) is 1. The van der Waals surface area contributed by atoms with Gasteiger partial charge in [-0.3, -0.25) is 4.79 Å². The van der Waals surface area contributed by atoms with Crippen LogP contribution in [0, 0.1) is 0 Å². The number of hydrogen-bond acceptors (Lipinski definition) is 5. The Hall–Kier alpha value is -2.58. The summed E-state index contributed by atoms with van der Waals surface area (Å²) in [6.45, 7) is 1.49. The molecule has 0 bridgehead atoms. The number of carbonyl (C=O) groups excluding carboxylic acids is 2. The van der Waals surface area contributed by atoms with E-state index in [1.807, 2.05) is 24.3 Å². The number of thiophene rings is 1. The number of ether oxygens (including phenoxy) is 1. The standard InChI is InChI=1S/C20H25N3O4S/c1-27-17-5-3-2-4-14(17)6-10-21-19(25)18-16(9-13-28-18)22-20(26)23-11-7-15(24)8-12-23/h2-5,9,13,15,24H,6-8,10-12H2,1H3,(H,21,25)(H,22,26). The number of aliphatic hydroxyl groups excluding tert-OH is 1. The normalized spacial score (nSPS) is 14.6. The first-order valence-electron chi connectivity index (χ1n) is 9.30. The first-order chi connectivity index (χ1) is 13.6. The smallest absolute Gasteiger partial charge is 0.321 e. The number of methoxy groups -OCH3 is 1. The molecule has 0 unspecified atom stereocenters. The van der Waals surface area contributed by atoms with E-state index in [9.17, 15) is 14.7 Å². The number of aliphatic hydroxyl groups is 1. The fraction of sp³-hybridized carbons (Fsp3) is 0.400. The van der Waals surface area contributed by atoms with Crippen molar-refractivity contribution in [3.05, 3.63) is 46.2 Å². The van der Waals surface area contributed by atoms with Gasteiger partial charge in [0.05, 0.1) is 18.9 Å². The van der Waals surface area contributed by atoms with E-state index in [0.29, 0.717) is 49.5 Å². The van der Waals surface area contributed by atoms with Gasteiger partial charge >= 0.3 is 6.03 Å². The van der Waals surface area contributed by atoms with E-state index in [1.54, 1.807) is 23.5 Å². The SMILES string of the molecule is COc1ccccc1CCNC(=O)c1sccc1NC(=O)N1CCC(O)CC1. The molecule has 0 spiro atoms. The Morgan fingerprint density at radius 2 is 2.00 bits per heavy atom. The molecule has 3 rings (SSSR count). The zero-order valence-electron chi connectivity index (χ0n) is 15.8. The summed E-state index contributed by atoms with van der Waals surface area (Å²) in [7, 11) is 1.63. The van der Waals surface area contributed by atoms with Crippen molar-refractivity contribution in [2.75, 3.05) is 32.1 Å². The van der Waals surface area contributed by atoms with Crippen LogP contribution in [0.1, 0.15) is 28.1 Å². The van der Waals surface area contributed by atoms with Gasteiger partial charge < -0.3 is 25.4 Å². The number of nitrogens with zero attached hydrogens (tertiary/aromatic N) is 1. The van der Waals surface area contributed by atoms with Crippen LogP contribution in [0.3, 0.4) is 0 Å². The number of nitrogens with one attached hydrogen (secondary N) is 2. The van der Waals surface area contributed by atoms with Crippen molar-refractivity contribution in [2.45, 2.75) is 25.4 Å². The Morgan fingerprint density at radius 3 is 2.75 bits per heavy atom. The first-order valence-corrected chi connectivity index (χ1v) is 10.2. The predicted molar refractivity (Wildman–Crippen MR) is 109 cm³/mol. The fourth-order valence-electron chi connectivity index (χ4n) is 3.15. The number of para-hydroxylation sites is 1. The molecule has 1 fully saturated rings. The Bertz CT molecular complexity index is 815. The molecular formula is C20H25N3O4S. The largest absolute Gasteiger partial charge is 0.496 e. The summed E-state index contributed by atoms with van der Waals surface area (Å²) in [5, 5.41) is 17.1. The Kier molecular flexibility index (Phi) is 6.89. The maximum Gasteiger partial charge on any atom is 0.321 e. The molecule has 1 aromatic carbocycles. The van der Waals surface area contributed by atoms with Gasteiger partial charge in [0.1, 0.15) is 10.6 Å². The maximum absolute atomic E-state index is 12.5. The monoisotopic (exact) mass is 403 g/mol. The fourth-order valence-corrected chi connectivity index (χ4v) is 3.91. The number of benzene rings is 1. The Labute approximate surface area is 168 Å². The van der Waals surface area contributed by atoms with E-state index >= 15 is 0 Å². The summed E-state index contributed by atoms with van der Waals surface area (Å²) in [6, 6.07) is 9.20. The molecule has 1 aliphatic heterocycles. The zero-order valence-corrected chi connectivity index (χ0v) is 16.6. The minimum Gasteiger partial charge on any atom is -0.496 e. The van der Waals surface area contributed by atoms with Crippen LogP contribution < -0.4 is 15.4 Å². The molecule has 0 saturated carbocycles. The van der Waals surface area contributed by atoms with Gasteiger partial charge in [-0.05, 0) is 42.3 Å². The van der Waals surface area contributed by atoms with Crippen molar-refractivity contribution in [3.63, 3.8) is 0 Å². The quantitative estimate of drug-likeness (QED) is 0.692. The second kappa shape index (κ2) is 9.57. The third-order valence-electron chi connectivity index (χ3n) is 4.74. The highest BCUT2D eigenvalue weighted by atomic mass is 32.1. The second-order valence-corrected chi connectivity index (χ2v) is 7.55. The zero-order chi connectivity index (χ0) is 19.9. The average molecular weight is 404 g/mol. The minimum atomic E-state index is -0.338. The molecule has 7 nitrogen and oxygen atoms in total. The molecule has 1 aliphatic rings. The average Bonchev–Trinajstić information content (AvgIpc) is 3.17. The molecule has 1 saturated heterocycles. The third kappa shape index (κ3) is 5.02. The van der Waals surface area contributed by atoms with Gasteiger partial charge in [-0.25, -0.2) is 4.79 Å². The van der Waals surface area contributed by atoms with Crippen LogP contribution in [-0.2, 0) is 6.42 Å². The highest BCUT2D eigenvalue weighted by Crippen LogP contribution is 2.23. The number of rotatable bonds is 6. The summed E-state index contributed by atoms with van der Waals surface area (Å²) in [4.78, 5) is 27.1. The minimum absolute atomic E-state index is 0.214. The molecule has 0 atom stereocenters. The van der Waals surface area contributed by atoms with Gasteiger partial charge in [0, 0.05) is 19.6 Å². The van der Waals surface area contributed by atoms with Gasteiger partial charge in [-0.15, -0.1) is 11.3 Å². The van der Waals surface area contributed by atoms with Gasteiger partial charge in [0.15, 0.2) is 0 Å². The van der Waals surface area contributed by atoms with Crippen molar-refractivity contribution < 1.29 is 19.4 Å². The molecule has 28 heavy (non-hydrogen) atoms. The summed E-state index contributed by atoms with van der Waals surface area (Å²) < 4.78 is 5.32. The number of anilines is 1. The highest BCUT2D eigenvalue weighted by molar-refractivity contribution is 7.12. The summed E-state index contributed by atoms with van der Waals surface area (Å²) in [5.74, 6) is 0.585. The molecule has 3 amide bonds. The lowest BCUT2D eigenvalue weighted by Crippen LogP contribution is -2.42. The lowest BCUT2D eigenvalue weighted by molar-refractivity contribution is 0.0958. The Morgan fingerprint density at radius 1 is 1.25 bits per heavy atom. The van der Waals surface area contributed by atoms with E-state index in [-0.39, 0.29) is 18.0 Å². The topological polar surface area (TPSA) is 90.9 Å².